The number of hydrogen-bond acceptors (Lipinski definition) is 2. The highest BCUT2D eigenvalue weighted by Gasteiger charge is 2.13. The molecule has 0 radical (unpaired) electrons. The molecule has 6 aromatic rings. The molecule has 0 aliphatic heterocycles. The highest BCUT2D eigenvalue weighted by Crippen LogP contribution is 2.37. The molecule has 2 nitrogen and oxygen atoms in total. The SMILES string of the molecule is Fc1ccccc1COc1ccc(-c2cc(-c3ccc(Br)cc3)c3c(ccc4ccccc43)n2)cc1. The van der Waals surface area contributed by atoms with E-state index in [9.17, 15) is 4.39 Å². The van der Waals surface area contributed by atoms with E-state index in [1.54, 1.807) is 12.1 Å². The third kappa shape index (κ3) is 4.36. The predicted octanol–water partition coefficient (Wildman–Crippen LogP) is 9.20. The smallest absolute Gasteiger partial charge is 0.129 e. The zero-order chi connectivity index (χ0) is 24.5. The number of rotatable bonds is 5. The second-order valence-corrected chi connectivity index (χ2v) is 9.56. The van der Waals surface area contributed by atoms with Crippen molar-refractivity contribution in [3.8, 4) is 28.1 Å². The molecule has 0 saturated carbocycles. The number of benzene rings is 5. The topological polar surface area (TPSA) is 22.1 Å². The van der Waals surface area contributed by atoms with Gasteiger partial charge < -0.3 is 4.74 Å². The molecule has 0 unspecified atom stereocenters. The van der Waals surface area contributed by atoms with Gasteiger partial charge in [0, 0.05) is 21.0 Å². The summed E-state index contributed by atoms with van der Waals surface area (Å²) in [5.41, 5.74) is 5.62. The van der Waals surface area contributed by atoms with E-state index in [1.807, 2.05) is 30.3 Å². The molecular weight excluding hydrogens is 513 g/mol. The first-order chi connectivity index (χ1) is 17.7. The van der Waals surface area contributed by atoms with Crippen molar-refractivity contribution < 1.29 is 9.13 Å². The van der Waals surface area contributed by atoms with Gasteiger partial charge in [0.2, 0.25) is 0 Å². The number of pyridine rings is 1. The molecule has 0 aliphatic rings. The van der Waals surface area contributed by atoms with Gasteiger partial charge in [-0.1, -0.05) is 76.6 Å². The Morgan fingerprint density at radius 1 is 0.722 bits per heavy atom. The lowest BCUT2D eigenvalue weighted by molar-refractivity contribution is 0.300. The number of aromatic nitrogens is 1. The number of nitrogens with zero attached hydrogens (tertiary/aromatic N) is 1. The molecular formula is C32H21BrFNO. The average Bonchev–Trinajstić information content (AvgIpc) is 2.92. The first-order valence-electron chi connectivity index (χ1n) is 11.7. The zero-order valence-corrected chi connectivity index (χ0v) is 20.9. The third-order valence-corrected chi connectivity index (χ3v) is 6.88. The van der Waals surface area contributed by atoms with Crippen molar-refractivity contribution in [2.45, 2.75) is 6.61 Å². The van der Waals surface area contributed by atoms with E-state index in [2.05, 4.69) is 82.7 Å². The summed E-state index contributed by atoms with van der Waals surface area (Å²) in [6, 6.07) is 37.6. The van der Waals surface area contributed by atoms with E-state index in [0.29, 0.717) is 11.3 Å². The van der Waals surface area contributed by atoms with Crippen molar-refractivity contribution in [2.24, 2.45) is 0 Å². The molecule has 0 fully saturated rings. The van der Waals surface area contributed by atoms with Gasteiger partial charge in [0.25, 0.3) is 0 Å². The van der Waals surface area contributed by atoms with Crippen LogP contribution in [0.2, 0.25) is 0 Å². The molecule has 1 heterocycles. The van der Waals surface area contributed by atoms with Gasteiger partial charge >= 0.3 is 0 Å². The van der Waals surface area contributed by atoms with E-state index in [4.69, 9.17) is 9.72 Å². The van der Waals surface area contributed by atoms with Crippen molar-refractivity contribution in [2.75, 3.05) is 0 Å². The molecule has 0 saturated heterocycles. The van der Waals surface area contributed by atoms with E-state index in [-0.39, 0.29) is 12.4 Å². The summed E-state index contributed by atoms with van der Waals surface area (Å²) in [7, 11) is 0. The maximum atomic E-state index is 13.9. The fraction of sp³-hybridized carbons (Fsp3) is 0.0312. The molecule has 5 aromatic carbocycles. The predicted molar refractivity (Wildman–Crippen MR) is 149 cm³/mol. The van der Waals surface area contributed by atoms with Crippen LogP contribution in [0.5, 0.6) is 5.75 Å². The minimum Gasteiger partial charge on any atom is -0.489 e. The fourth-order valence-corrected chi connectivity index (χ4v) is 4.77. The van der Waals surface area contributed by atoms with Crippen molar-refractivity contribution in [1.82, 2.24) is 4.98 Å². The van der Waals surface area contributed by atoms with Crippen LogP contribution in [-0.2, 0) is 6.61 Å². The lowest BCUT2D eigenvalue weighted by Crippen LogP contribution is -1.98. The van der Waals surface area contributed by atoms with Crippen LogP contribution in [0.3, 0.4) is 0 Å². The van der Waals surface area contributed by atoms with Crippen molar-refractivity contribution in [1.29, 1.82) is 0 Å². The Morgan fingerprint density at radius 3 is 2.25 bits per heavy atom. The summed E-state index contributed by atoms with van der Waals surface area (Å²) in [5.74, 6) is 0.421. The largest absolute Gasteiger partial charge is 0.489 e. The minimum atomic E-state index is -0.262. The highest BCUT2D eigenvalue weighted by atomic mass is 79.9. The normalized spacial score (nSPS) is 11.2. The molecule has 0 aliphatic carbocycles. The minimum absolute atomic E-state index is 0.182. The van der Waals surface area contributed by atoms with Crippen molar-refractivity contribution in [3.63, 3.8) is 0 Å². The summed E-state index contributed by atoms with van der Waals surface area (Å²) < 4.78 is 20.8. The quantitative estimate of drug-likeness (QED) is 0.206. The summed E-state index contributed by atoms with van der Waals surface area (Å²) in [6.45, 7) is 0.182. The number of ether oxygens (including phenoxy) is 1. The van der Waals surface area contributed by atoms with E-state index in [0.717, 1.165) is 37.8 Å². The molecule has 0 amide bonds. The maximum absolute atomic E-state index is 13.9. The average molecular weight is 534 g/mol. The summed E-state index contributed by atoms with van der Waals surface area (Å²) in [4.78, 5) is 5.03. The Kier molecular flexibility index (Phi) is 5.96. The van der Waals surface area contributed by atoms with Crippen molar-refractivity contribution in [3.05, 3.63) is 131 Å². The molecule has 174 valence electrons. The molecule has 0 atom stereocenters. The van der Waals surface area contributed by atoms with Gasteiger partial charge in [0.05, 0.1) is 11.2 Å². The van der Waals surface area contributed by atoms with Crippen LogP contribution in [0.25, 0.3) is 44.1 Å². The first-order valence-corrected chi connectivity index (χ1v) is 12.5. The zero-order valence-electron chi connectivity index (χ0n) is 19.3. The second kappa shape index (κ2) is 9.56. The summed E-state index contributed by atoms with van der Waals surface area (Å²) in [6.07, 6.45) is 0. The molecule has 6 rings (SSSR count). The van der Waals surface area contributed by atoms with Gasteiger partial charge in [0.15, 0.2) is 0 Å². The van der Waals surface area contributed by atoms with E-state index in [1.165, 1.54) is 16.8 Å². The highest BCUT2D eigenvalue weighted by molar-refractivity contribution is 9.10. The lowest BCUT2D eigenvalue weighted by Gasteiger charge is -2.13. The van der Waals surface area contributed by atoms with Gasteiger partial charge in [-0.15, -0.1) is 0 Å². The Hall–Kier alpha value is -4.02. The first kappa shape index (κ1) is 22.4. The van der Waals surface area contributed by atoms with Crippen LogP contribution < -0.4 is 4.74 Å². The second-order valence-electron chi connectivity index (χ2n) is 8.65. The molecule has 1 aromatic heterocycles. The summed E-state index contributed by atoms with van der Waals surface area (Å²) >= 11 is 3.55. The number of halogens is 2. The van der Waals surface area contributed by atoms with Gasteiger partial charge in [-0.3, -0.25) is 0 Å². The molecule has 0 N–H and O–H groups in total. The maximum Gasteiger partial charge on any atom is 0.129 e. The van der Waals surface area contributed by atoms with Gasteiger partial charge in [0.1, 0.15) is 18.2 Å². The Bertz CT molecular complexity index is 1690. The lowest BCUT2D eigenvalue weighted by atomic mass is 9.94. The van der Waals surface area contributed by atoms with Crippen LogP contribution >= 0.6 is 15.9 Å². The van der Waals surface area contributed by atoms with Crippen LogP contribution in [0, 0.1) is 5.82 Å². The van der Waals surface area contributed by atoms with Gasteiger partial charge in [-0.2, -0.15) is 0 Å². The Morgan fingerprint density at radius 2 is 1.44 bits per heavy atom. The Balaban J connectivity index is 1.41. The van der Waals surface area contributed by atoms with Gasteiger partial charge in [-0.25, -0.2) is 9.37 Å². The monoisotopic (exact) mass is 533 g/mol. The number of fused-ring (bicyclic) bond motifs is 3. The van der Waals surface area contributed by atoms with Crippen LogP contribution in [0.1, 0.15) is 5.56 Å². The Labute approximate surface area is 217 Å². The molecule has 36 heavy (non-hydrogen) atoms. The molecule has 0 spiro atoms. The van der Waals surface area contributed by atoms with Crippen LogP contribution in [0.4, 0.5) is 4.39 Å². The van der Waals surface area contributed by atoms with Gasteiger partial charge in [-0.05, 0) is 76.5 Å². The van der Waals surface area contributed by atoms with E-state index < -0.39 is 0 Å². The fourth-order valence-electron chi connectivity index (χ4n) is 4.51. The number of hydrogen-bond donors (Lipinski definition) is 0. The molecule has 0 bridgehead atoms. The molecule has 4 heteroatoms. The summed E-state index contributed by atoms with van der Waals surface area (Å²) in [5, 5.41) is 3.52. The van der Waals surface area contributed by atoms with Crippen molar-refractivity contribution >= 4 is 37.6 Å². The van der Waals surface area contributed by atoms with Crippen LogP contribution in [0.15, 0.2) is 120 Å². The van der Waals surface area contributed by atoms with Crippen LogP contribution in [-0.4, -0.2) is 4.98 Å². The standard InChI is InChI=1S/C32H21BrFNO/c33-25-14-9-22(10-15-25)28-19-31(35-30-18-13-21-5-1-3-7-27(21)32(28)30)23-11-16-26(17-12-23)36-20-24-6-2-4-8-29(24)34/h1-19H,20H2. The van der Waals surface area contributed by atoms with E-state index >= 15 is 0 Å². The third-order valence-electron chi connectivity index (χ3n) is 6.36.